The van der Waals surface area contributed by atoms with Gasteiger partial charge in [0.2, 0.25) is 5.91 Å². The first kappa shape index (κ1) is 15.7. The van der Waals surface area contributed by atoms with Gasteiger partial charge in [0.05, 0.1) is 6.54 Å². The number of nitrogens with one attached hydrogen (secondary N) is 1. The molecule has 5 heteroatoms. The quantitative estimate of drug-likeness (QED) is 0.629. The van der Waals surface area contributed by atoms with E-state index in [1.54, 1.807) is 0 Å². The molecule has 1 heterocycles. The van der Waals surface area contributed by atoms with Crippen LogP contribution in [0.3, 0.4) is 0 Å². The highest BCUT2D eigenvalue weighted by Gasteiger charge is 2.28. The summed E-state index contributed by atoms with van der Waals surface area (Å²) in [5.41, 5.74) is 5.31. The average molecular weight is 283 g/mol. The smallest absolute Gasteiger partial charge is 0.231 e. The zero-order valence-corrected chi connectivity index (χ0v) is 12.4. The molecule has 2 unspecified atom stereocenters. The Kier molecular flexibility index (Phi) is 6.26. The summed E-state index contributed by atoms with van der Waals surface area (Å²) in [4.78, 5) is 13.3. The third-order valence-electron chi connectivity index (χ3n) is 4.70. The van der Waals surface area contributed by atoms with Crippen molar-refractivity contribution >= 4 is 5.91 Å². The number of carbonyl (C=O) groups is 1. The van der Waals surface area contributed by atoms with Crippen LogP contribution >= 0.6 is 0 Å². The lowest BCUT2D eigenvalue weighted by molar-refractivity contribution is -0.119. The van der Waals surface area contributed by atoms with E-state index in [0.717, 1.165) is 38.4 Å². The lowest BCUT2D eigenvalue weighted by Gasteiger charge is -2.38. The Hall–Kier alpha value is -0.650. The fraction of sp³-hybridized carbons (Fsp3) is 0.933. The number of nitrogens with two attached hydrogens (primary N) is 1. The van der Waals surface area contributed by atoms with Crippen LogP contribution in [0.1, 0.15) is 38.5 Å². The minimum Gasteiger partial charge on any atom is -0.396 e. The van der Waals surface area contributed by atoms with Gasteiger partial charge in [-0.2, -0.15) is 0 Å². The Morgan fingerprint density at radius 3 is 2.65 bits per heavy atom. The maximum absolute atomic E-state index is 11.1. The van der Waals surface area contributed by atoms with Crippen LogP contribution in [0, 0.1) is 11.8 Å². The van der Waals surface area contributed by atoms with E-state index in [4.69, 9.17) is 10.8 Å². The molecule has 0 bridgehead atoms. The van der Waals surface area contributed by atoms with Gasteiger partial charge in [-0.15, -0.1) is 0 Å². The zero-order chi connectivity index (χ0) is 14.4. The van der Waals surface area contributed by atoms with Gasteiger partial charge in [-0.1, -0.05) is 12.8 Å². The van der Waals surface area contributed by atoms with Crippen molar-refractivity contribution in [3.8, 4) is 0 Å². The summed E-state index contributed by atoms with van der Waals surface area (Å²) in [5, 5.41) is 12.8. The Morgan fingerprint density at radius 2 is 2.00 bits per heavy atom. The van der Waals surface area contributed by atoms with E-state index in [-0.39, 0.29) is 12.5 Å². The number of rotatable bonds is 7. The summed E-state index contributed by atoms with van der Waals surface area (Å²) in [5.74, 6) is 1.04. The van der Waals surface area contributed by atoms with Crippen molar-refractivity contribution < 1.29 is 9.90 Å². The van der Waals surface area contributed by atoms with Gasteiger partial charge < -0.3 is 16.2 Å². The highest BCUT2D eigenvalue weighted by Crippen LogP contribution is 2.25. The molecule has 2 fully saturated rings. The van der Waals surface area contributed by atoms with Crippen LogP contribution in [0.25, 0.3) is 0 Å². The van der Waals surface area contributed by atoms with Crippen LogP contribution in [0.15, 0.2) is 0 Å². The second kappa shape index (κ2) is 7.96. The lowest BCUT2D eigenvalue weighted by atomic mass is 9.91. The molecule has 0 radical (unpaired) electrons. The molecule has 0 aromatic carbocycles. The molecule has 0 spiro atoms. The first-order chi connectivity index (χ1) is 9.67. The van der Waals surface area contributed by atoms with Crippen molar-refractivity contribution in [1.82, 2.24) is 10.2 Å². The number of hydrogen-bond acceptors (Lipinski definition) is 4. The van der Waals surface area contributed by atoms with E-state index >= 15 is 0 Å². The molecule has 5 nitrogen and oxygen atoms in total. The van der Waals surface area contributed by atoms with Gasteiger partial charge in [-0.05, 0) is 44.1 Å². The van der Waals surface area contributed by atoms with Crippen molar-refractivity contribution in [2.45, 2.75) is 44.6 Å². The van der Waals surface area contributed by atoms with Gasteiger partial charge in [-0.25, -0.2) is 0 Å². The molecule has 1 saturated heterocycles. The third kappa shape index (κ3) is 5.04. The molecule has 4 N–H and O–H groups in total. The summed E-state index contributed by atoms with van der Waals surface area (Å²) in [6.07, 6.45) is 7.37. The third-order valence-corrected chi connectivity index (χ3v) is 4.70. The average Bonchev–Trinajstić information content (AvgIpc) is 2.89. The Bertz CT molecular complexity index is 305. The second-order valence-corrected chi connectivity index (χ2v) is 6.53. The van der Waals surface area contributed by atoms with E-state index in [9.17, 15) is 4.79 Å². The summed E-state index contributed by atoms with van der Waals surface area (Å²) in [6.45, 7) is 3.44. The maximum Gasteiger partial charge on any atom is 0.231 e. The van der Waals surface area contributed by atoms with Gasteiger partial charge in [0.1, 0.15) is 0 Å². The standard InChI is InChI=1S/C15H29N3O2/c16-15(20)11-18-9-13(5-6-19)7-14(10-18)17-8-12-3-1-2-4-12/h12-14,17,19H,1-11H2,(H2,16,20). The molecule has 0 aromatic rings. The van der Waals surface area contributed by atoms with Gasteiger partial charge in [0, 0.05) is 25.7 Å². The molecule has 20 heavy (non-hydrogen) atoms. The van der Waals surface area contributed by atoms with Crippen LogP contribution in [0.5, 0.6) is 0 Å². The molecular formula is C15H29N3O2. The number of carbonyl (C=O) groups excluding carboxylic acids is 1. The number of nitrogens with zero attached hydrogens (tertiary/aromatic N) is 1. The number of hydrogen-bond donors (Lipinski definition) is 3. The number of primary amides is 1. The number of aliphatic hydroxyl groups excluding tert-OH is 1. The Morgan fingerprint density at radius 1 is 1.25 bits per heavy atom. The van der Waals surface area contributed by atoms with Crippen molar-refractivity contribution in [3.63, 3.8) is 0 Å². The van der Waals surface area contributed by atoms with E-state index in [1.165, 1.54) is 25.7 Å². The van der Waals surface area contributed by atoms with Gasteiger partial charge in [-0.3, -0.25) is 9.69 Å². The minimum atomic E-state index is -0.260. The van der Waals surface area contributed by atoms with Crippen LogP contribution in [0.4, 0.5) is 0 Å². The van der Waals surface area contributed by atoms with Crippen LogP contribution in [-0.4, -0.2) is 54.7 Å². The maximum atomic E-state index is 11.1. The normalized spacial score (nSPS) is 28.9. The number of piperidine rings is 1. The zero-order valence-electron chi connectivity index (χ0n) is 12.4. The highest BCUT2D eigenvalue weighted by atomic mass is 16.3. The first-order valence-electron chi connectivity index (χ1n) is 8.02. The van der Waals surface area contributed by atoms with Crippen molar-refractivity contribution in [3.05, 3.63) is 0 Å². The van der Waals surface area contributed by atoms with E-state index < -0.39 is 0 Å². The SMILES string of the molecule is NC(=O)CN1CC(CCO)CC(NCC2CCCC2)C1. The number of aliphatic hydroxyl groups is 1. The Labute approximate surface area is 121 Å². The number of amides is 1. The van der Waals surface area contributed by atoms with E-state index in [1.807, 2.05) is 0 Å². The molecular weight excluding hydrogens is 254 g/mol. The van der Waals surface area contributed by atoms with Crippen LogP contribution < -0.4 is 11.1 Å². The van der Waals surface area contributed by atoms with Crippen LogP contribution in [-0.2, 0) is 4.79 Å². The van der Waals surface area contributed by atoms with Crippen molar-refractivity contribution in [2.24, 2.45) is 17.6 Å². The van der Waals surface area contributed by atoms with Crippen molar-refractivity contribution in [1.29, 1.82) is 0 Å². The summed E-state index contributed by atoms with van der Waals surface area (Å²) in [6, 6.07) is 0.431. The molecule has 116 valence electrons. The van der Waals surface area contributed by atoms with Gasteiger partial charge in [0.25, 0.3) is 0 Å². The second-order valence-electron chi connectivity index (χ2n) is 6.53. The molecule has 1 aliphatic heterocycles. The Balaban J connectivity index is 1.80. The highest BCUT2D eigenvalue weighted by molar-refractivity contribution is 5.75. The van der Waals surface area contributed by atoms with Crippen LogP contribution in [0.2, 0.25) is 0 Å². The monoisotopic (exact) mass is 283 g/mol. The first-order valence-corrected chi connectivity index (χ1v) is 8.02. The lowest BCUT2D eigenvalue weighted by Crippen LogP contribution is -2.52. The molecule has 1 amide bonds. The van der Waals surface area contributed by atoms with Gasteiger partial charge >= 0.3 is 0 Å². The predicted molar refractivity (Wildman–Crippen MR) is 79.2 cm³/mol. The predicted octanol–water partition coefficient (Wildman–Crippen LogP) is 0.324. The molecule has 2 atom stereocenters. The molecule has 1 aliphatic carbocycles. The van der Waals surface area contributed by atoms with E-state index in [0.29, 0.717) is 18.5 Å². The fourth-order valence-electron chi connectivity index (χ4n) is 3.74. The van der Waals surface area contributed by atoms with E-state index in [2.05, 4.69) is 10.2 Å². The molecule has 2 rings (SSSR count). The molecule has 1 saturated carbocycles. The minimum absolute atomic E-state index is 0.227. The van der Waals surface area contributed by atoms with Gasteiger partial charge in [0.15, 0.2) is 0 Å². The topological polar surface area (TPSA) is 78.6 Å². The molecule has 0 aromatic heterocycles. The largest absolute Gasteiger partial charge is 0.396 e. The molecule has 2 aliphatic rings. The summed E-state index contributed by atoms with van der Waals surface area (Å²) < 4.78 is 0. The summed E-state index contributed by atoms with van der Waals surface area (Å²) >= 11 is 0. The van der Waals surface area contributed by atoms with Crippen molar-refractivity contribution in [2.75, 3.05) is 32.8 Å². The number of likely N-dealkylation sites (tertiary alicyclic amines) is 1. The fourth-order valence-corrected chi connectivity index (χ4v) is 3.74. The summed E-state index contributed by atoms with van der Waals surface area (Å²) in [7, 11) is 0.